The van der Waals surface area contributed by atoms with Gasteiger partial charge in [-0.2, -0.15) is 0 Å². The summed E-state index contributed by atoms with van der Waals surface area (Å²) in [6.07, 6.45) is 3.46. The van der Waals surface area contributed by atoms with Crippen molar-refractivity contribution in [2.45, 2.75) is 19.3 Å². The predicted molar refractivity (Wildman–Crippen MR) is 69.3 cm³/mol. The Bertz CT molecular complexity index is 363. The molecule has 81 valence electrons. The summed E-state index contributed by atoms with van der Waals surface area (Å²) in [5.41, 5.74) is 2.74. The molecule has 0 fully saturated rings. The van der Waals surface area contributed by atoms with Gasteiger partial charge in [0.1, 0.15) is 0 Å². The summed E-state index contributed by atoms with van der Waals surface area (Å²) >= 11 is 0. The standard InChI is InChI=1S/C16H17/c1-2-9-16(14-10-5-3-6-11-14)15-12-7-4-8-13-15/h3-13,16H,2H2,1H3. The van der Waals surface area contributed by atoms with Crippen LogP contribution in [0.1, 0.15) is 30.4 Å². The van der Waals surface area contributed by atoms with Gasteiger partial charge in [-0.1, -0.05) is 74.0 Å². The molecule has 0 spiro atoms. The molecule has 0 unspecified atom stereocenters. The van der Waals surface area contributed by atoms with Crippen molar-refractivity contribution in [2.75, 3.05) is 0 Å². The van der Waals surface area contributed by atoms with Crippen molar-refractivity contribution in [3.05, 3.63) is 78.2 Å². The Hall–Kier alpha value is -1.56. The van der Waals surface area contributed by atoms with Gasteiger partial charge in [-0.25, -0.2) is 0 Å². The lowest BCUT2D eigenvalue weighted by molar-refractivity contribution is 0.872. The minimum atomic E-state index is 0.424. The van der Waals surface area contributed by atoms with Crippen LogP contribution < -0.4 is 0 Å². The van der Waals surface area contributed by atoms with Crippen LogP contribution in [0.4, 0.5) is 0 Å². The fourth-order valence-corrected chi connectivity index (χ4v) is 2.02. The van der Waals surface area contributed by atoms with Gasteiger partial charge in [0.15, 0.2) is 0 Å². The second-order valence-corrected chi connectivity index (χ2v) is 3.94. The fraction of sp³-hybridized carbons (Fsp3) is 0.188. The molecule has 0 nitrogen and oxygen atoms in total. The van der Waals surface area contributed by atoms with Crippen LogP contribution in [0, 0.1) is 6.42 Å². The number of rotatable bonds is 4. The van der Waals surface area contributed by atoms with Crippen molar-refractivity contribution in [1.82, 2.24) is 0 Å². The molecule has 2 rings (SSSR count). The summed E-state index contributed by atoms with van der Waals surface area (Å²) in [5.74, 6) is 0.424. The van der Waals surface area contributed by atoms with E-state index in [-0.39, 0.29) is 0 Å². The van der Waals surface area contributed by atoms with Gasteiger partial charge in [-0.05, 0) is 17.5 Å². The zero-order valence-corrected chi connectivity index (χ0v) is 9.64. The van der Waals surface area contributed by atoms with Crippen molar-refractivity contribution < 1.29 is 0 Å². The van der Waals surface area contributed by atoms with Gasteiger partial charge in [0.2, 0.25) is 0 Å². The van der Waals surface area contributed by atoms with Crippen LogP contribution in [-0.2, 0) is 0 Å². The smallest absolute Gasteiger partial charge is 0.0120 e. The van der Waals surface area contributed by atoms with Crippen molar-refractivity contribution >= 4 is 0 Å². The SMILES string of the molecule is CC[CH]C(c1ccccc1)c1ccccc1. The third-order valence-corrected chi connectivity index (χ3v) is 2.79. The molecule has 0 atom stereocenters. The van der Waals surface area contributed by atoms with Crippen LogP contribution in [0.15, 0.2) is 60.7 Å². The van der Waals surface area contributed by atoms with E-state index in [0.717, 1.165) is 6.42 Å². The monoisotopic (exact) mass is 209 g/mol. The lowest BCUT2D eigenvalue weighted by Crippen LogP contribution is -2.01. The van der Waals surface area contributed by atoms with Gasteiger partial charge in [0.05, 0.1) is 0 Å². The van der Waals surface area contributed by atoms with Crippen molar-refractivity contribution in [1.29, 1.82) is 0 Å². The maximum atomic E-state index is 2.37. The maximum Gasteiger partial charge on any atom is 0.0120 e. The first kappa shape index (κ1) is 10.9. The Kier molecular flexibility index (Phi) is 3.76. The first-order valence-corrected chi connectivity index (χ1v) is 5.85. The van der Waals surface area contributed by atoms with E-state index in [0.29, 0.717) is 5.92 Å². The van der Waals surface area contributed by atoms with Crippen LogP contribution in [0.2, 0.25) is 0 Å². The maximum absolute atomic E-state index is 2.37. The number of benzene rings is 2. The molecular weight excluding hydrogens is 192 g/mol. The number of hydrogen-bond acceptors (Lipinski definition) is 0. The molecule has 0 heteroatoms. The van der Waals surface area contributed by atoms with E-state index in [4.69, 9.17) is 0 Å². The summed E-state index contributed by atoms with van der Waals surface area (Å²) < 4.78 is 0. The highest BCUT2D eigenvalue weighted by atomic mass is 14.2. The molecule has 0 aliphatic heterocycles. The van der Waals surface area contributed by atoms with Gasteiger partial charge in [0, 0.05) is 5.92 Å². The molecule has 16 heavy (non-hydrogen) atoms. The Morgan fingerprint density at radius 1 is 0.812 bits per heavy atom. The molecule has 0 saturated carbocycles. The first-order valence-electron chi connectivity index (χ1n) is 5.85. The lowest BCUT2D eigenvalue weighted by Gasteiger charge is -2.16. The zero-order valence-electron chi connectivity index (χ0n) is 9.64. The normalized spacial score (nSPS) is 10.6. The first-order chi connectivity index (χ1) is 7.92. The van der Waals surface area contributed by atoms with Gasteiger partial charge < -0.3 is 0 Å². The van der Waals surface area contributed by atoms with E-state index in [9.17, 15) is 0 Å². The third-order valence-electron chi connectivity index (χ3n) is 2.79. The quantitative estimate of drug-likeness (QED) is 0.698. The largest absolute Gasteiger partial charge is 0.0651 e. The molecular formula is C16H17. The van der Waals surface area contributed by atoms with E-state index in [1.807, 2.05) is 0 Å². The third kappa shape index (κ3) is 2.52. The molecule has 0 heterocycles. The highest BCUT2D eigenvalue weighted by molar-refractivity contribution is 5.34. The molecule has 2 aromatic carbocycles. The van der Waals surface area contributed by atoms with Gasteiger partial charge in [0.25, 0.3) is 0 Å². The van der Waals surface area contributed by atoms with Gasteiger partial charge >= 0.3 is 0 Å². The van der Waals surface area contributed by atoms with E-state index >= 15 is 0 Å². The van der Waals surface area contributed by atoms with Gasteiger partial charge in [-0.3, -0.25) is 0 Å². The molecule has 0 N–H and O–H groups in total. The lowest BCUT2D eigenvalue weighted by atomic mass is 9.88. The van der Waals surface area contributed by atoms with Crippen LogP contribution in [-0.4, -0.2) is 0 Å². The summed E-state index contributed by atoms with van der Waals surface area (Å²) in [4.78, 5) is 0. The minimum Gasteiger partial charge on any atom is -0.0651 e. The van der Waals surface area contributed by atoms with Crippen molar-refractivity contribution in [3.63, 3.8) is 0 Å². The van der Waals surface area contributed by atoms with E-state index < -0.39 is 0 Å². The summed E-state index contributed by atoms with van der Waals surface area (Å²) in [6, 6.07) is 21.4. The molecule has 1 radical (unpaired) electrons. The fourth-order valence-electron chi connectivity index (χ4n) is 2.02. The van der Waals surface area contributed by atoms with Crippen LogP contribution >= 0.6 is 0 Å². The van der Waals surface area contributed by atoms with Crippen molar-refractivity contribution in [3.8, 4) is 0 Å². The number of hydrogen-bond donors (Lipinski definition) is 0. The average Bonchev–Trinajstić information content (AvgIpc) is 2.38. The Labute approximate surface area is 97.9 Å². The predicted octanol–water partition coefficient (Wildman–Crippen LogP) is 4.43. The second kappa shape index (κ2) is 5.50. The van der Waals surface area contributed by atoms with Crippen LogP contribution in [0.3, 0.4) is 0 Å². The summed E-state index contributed by atoms with van der Waals surface area (Å²) in [6.45, 7) is 2.19. The van der Waals surface area contributed by atoms with Crippen LogP contribution in [0.25, 0.3) is 0 Å². The molecule has 0 aliphatic carbocycles. The van der Waals surface area contributed by atoms with Crippen LogP contribution in [0.5, 0.6) is 0 Å². The molecule has 0 amide bonds. The summed E-state index contributed by atoms with van der Waals surface area (Å²) in [5, 5.41) is 0. The highest BCUT2D eigenvalue weighted by Crippen LogP contribution is 2.27. The van der Waals surface area contributed by atoms with Crippen molar-refractivity contribution in [2.24, 2.45) is 0 Å². The highest BCUT2D eigenvalue weighted by Gasteiger charge is 2.12. The van der Waals surface area contributed by atoms with E-state index in [1.165, 1.54) is 11.1 Å². The van der Waals surface area contributed by atoms with Gasteiger partial charge in [-0.15, -0.1) is 0 Å². The summed E-state index contributed by atoms with van der Waals surface area (Å²) in [7, 11) is 0. The zero-order chi connectivity index (χ0) is 11.2. The van der Waals surface area contributed by atoms with E-state index in [2.05, 4.69) is 74.0 Å². The average molecular weight is 209 g/mol. The Morgan fingerprint density at radius 2 is 1.25 bits per heavy atom. The molecule has 2 aromatic rings. The van der Waals surface area contributed by atoms with E-state index in [1.54, 1.807) is 0 Å². The minimum absolute atomic E-state index is 0.424. The Balaban J connectivity index is 2.31. The Morgan fingerprint density at radius 3 is 1.62 bits per heavy atom. The molecule has 0 aliphatic rings. The molecule has 0 bridgehead atoms. The topological polar surface area (TPSA) is 0 Å². The molecule has 0 saturated heterocycles. The second-order valence-electron chi connectivity index (χ2n) is 3.94. The molecule has 0 aromatic heterocycles.